The molecule has 0 aliphatic carbocycles. The van der Waals surface area contributed by atoms with E-state index in [1.807, 2.05) is 0 Å². The fourth-order valence-electron chi connectivity index (χ4n) is 3.72. The summed E-state index contributed by atoms with van der Waals surface area (Å²) >= 11 is 0. The van der Waals surface area contributed by atoms with Crippen molar-refractivity contribution in [2.75, 3.05) is 18.4 Å². The third-order valence-electron chi connectivity index (χ3n) is 5.48. The van der Waals surface area contributed by atoms with Crippen molar-refractivity contribution >= 4 is 23.5 Å². The van der Waals surface area contributed by atoms with Crippen molar-refractivity contribution in [3.63, 3.8) is 0 Å². The van der Waals surface area contributed by atoms with Gasteiger partial charge in [0.25, 0.3) is 17.7 Å². The smallest absolute Gasteiger partial charge is 0.273 e. The second-order valence-electron chi connectivity index (χ2n) is 7.91. The minimum absolute atomic E-state index is 0.163. The van der Waals surface area contributed by atoms with Crippen LogP contribution in [0.2, 0.25) is 0 Å². The Balaban J connectivity index is 1.37. The van der Waals surface area contributed by atoms with Gasteiger partial charge in [0.1, 0.15) is 17.5 Å². The SMILES string of the molecule is O=C(Nc1nccnc1C(=O)NC1CCN(C(=O)c2ccc(F)cc2)CC1)c1cc(F)cc(F)c1. The summed E-state index contributed by atoms with van der Waals surface area (Å²) in [6, 6.07) is 7.38. The molecule has 35 heavy (non-hydrogen) atoms. The van der Waals surface area contributed by atoms with E-state index in [2.05, 4.69) is 20.6 Å². The molecule has 2 heterocycles. The topological polar surface area (TPSA) is 104 Å². The number of anilines is 1. The number of hydrogen-bond donors (Lipinski definition) is 2. The second kappa shape index (κ2) is 10.3. The van der Waals surface area contributed by atoms with E-state index in [4.69, 9.17) is 0 Å². The van der Waals surface area contributed by atoms with Crippen LogP contribution in [0.3, 0.4) is 0 Å². The highest BCUT2D eigenvalue weighted by Gasteiger charge is 2.26. The molecule has 180 valence electrons. The summed E-state index contributed by atoms with van der Waals surface area (Å²) in [5.41, 5.74) is -0.0627. The van der Waals surface area contributed by atoms with Crippen LogP contribution in [-0.4, -0.2) is 51.7 Å². The molecule has 1 aliphatic rings. The molecular weight excluding hydrogens is 463 g/mol. The normalized spacial score (nSPS) is 13.9. The molecule has 0 unspecified atom stereocenters. The molecule has 3 aromatic rings. The Bertz CT molecular complexity index is 1240. The average molecular weight is 483 g/mol. The van der Waals surface area contributed by atoms with E-state index >= 15 is 0 Å². The zero-order valence-corrected chi connectivity index (χ0v) is 18.3. The number of rotatable bonds is 5. The lowest BCUT2D eigenvalue weighted by molar-refractivity contribution is 0.0697. The van der Waals surface area contributed by atoms with Crippen LogP contribution < -0.4 is 10.6 Å². The standard InChI is InChI=1S/C24H20F3N5O3/c25-16-3-1-14(2-4-16)24(35)32-9-5-19(6-10-32)30-23(34)20-21(29-8-7-28-20)31-22(33)15-11-17(26)13-18(27)12-15/h1-4,7-8,11-13,19H,5-6,9-10H2,(H,30,34)(H,29,31,33). The van der Waals surface area contributed by atoms with Crippen LogP contribution in [0.1, 0.15) is 44.0 Å². The number of halogens is 3. The van der Waals surface area contributed by atoms with Crippen molar-refractivity contribution in [3.05, 3.63) is 89.1 Å². The Labute approximate surface area is 198 Å². The lowest BCUT2D eigenvalue weighted by Crippen LogP contribution is -2.46. The minimum Gasteiger partial charge on any atom is -0.348 e. The van der Waals surface area contributed by atoms with E-state index in [-0.39, 0.29) is 29.0 Å². The van der Waals surface area contributed by atoms with Crippen molar-refractivity contribution in [1.82, 2.24) is 20.2 Å². The summed E-state index contributed by atoms with van der Waals surface area (Å²) in [5, 5.41) is 5.17. The second-order valence-corrected chi connectivity index (χ2v) is 7.91. The van der Waals surface area contributed by atoms with Crippen LogP contribution >= 0.6 is 0 Å². The summed E-state index contributed by atoms with van der Waals surface area (Å²) in [4.78, 5) is 47.4. The molecule has 4 rings (SSSR count). The molecule has 1 aromatic heterocycles. The Morgan fingerprint density at radius 3 is 2.09 bits per heavy atom. The molecule has 0 atom stereocenters. The van der Waals surface area contributed by atoms with E-state index in [1.54, 1.807) is 4.90 Å². The Morgan fingerprint density at radius 1 is 0.800 bits per heavy atom. The zero-order valence-electron chi connectivity index (χ0n) is 18.3. The summed E-state index contributed by atoms with van der Waals surface area (Å²) in [5.74, 6) is -4.10. The Morgan fingerprint density at radius 2 is 1.43 bits per heavy atom. The van der Waals surface area contributed by atoms with Crippen LogP contribution in [0.5, 0.6) is 0 Å². The molecule has 0 bridgehead atoms. The first-order valence-electron chi connectivity index (χ1n) is 10.7. The first-order chi connectivity index (χ1) is 16.8. The lowest BCUT2D eigenvalue weighted by Gasteiger charge is -2.32. The number of hydrogen-bond acceptors (Lipinski definition) is 5. The van der Waals surface area contributed by atoms with E-state index in [1.165, 1.54) is 36.7 Å². The van der Waals surface area contributed by atoms with Gasteiger partial charge < -0.3 is 15.5 Å². The molecule has 0 saturated carbocycles. The van der Waals surface area contributed by atoms with Gasteiger partial charge in [-0.1, -0.05) is 0 Å². The van der Waals surface area contributed by atoms with Gasteiger partial charge in [-0.3, -0.25) is 14.4 Å². The van der Waals surface area contributed by atoms with Crippen LogP contribution in [0, 0.1) is 17.5 Å². The van der Waals surface area contributed by atoms with Gasteiger partial charge in [0, 0.05) is 48.7 Å². The van der Waals surface area contributed by atoms with Gasteiger partial charge >= 0.3 is 0 Å². The predicted octanol–water partition coefficient (Wildman–Crippen LogP) is 3.18. The number of carbonyl (C=O) groups is 3. The highest BCUT2D eigenvalue weighted by atomic mass is 19.1. The minimum atomic E-state index is -0.920. The highest BCUT2D eigenvalue weighted by molar-refractivity contribution is 6.07. The van der Waals surface area contributed by atoms with Crippen molar-refractivity contribution in [2.24, 2.45) is 0 Å². The van der Waals surface area contributed by atoms with Gasteiger partial charge in [-0.25, -0.2) is 23.1 Å². The molecular formula is C24H20F3N5O3. The van der Waals surface area contributed by atoms with Crippen LogP contribution in [0.15, 0.2) is 54.9 Å². The molecule has 3 amide bonds. The van der Waals surface area contributed by atoms with Gasteiger partial charge in [-0.05, 0) is 49.2 Å². The van der Waals surface area contributed by atoms with E-state index in [9.17, 15) is 27.6 Å². The lowest BCUT2D eigenvalue weighted by atomic mass is 10.0. The Hall–Kier alpha value is -4.28. The number of amides is 3. The average Bonchev–Trinajstić information content (AvgIpc) is 2.84. The van der Waals surface area contributed by atoms with Crippen molar-refractivity contribution in [1.29, 1.82) is 0 Å². The number of carbonyl (C=O) groups excluding carboxylic acids is 3. The molecule has 2 N–H and O–H groups in total. The molecule has 1 fully saturated rings. The van der Waals surface area contributed by atoms with Crippen LogP contribution in [0.4, 0.5) is 19.0 Å². The first kappa shape index (κ1) is 23.9. The maximum atomic E-state index is 13.4. The number of benzene rings is 2. The Kier molecular flexibility index (Phi) is 7.04. The molecule has 11 heteroatoms. The fraction of sp³-hybridized carbons (Fsp3) is 0.208. The van der Waals surface area contributed by atoms with Crippen LogP contribution in [0.25, 0.3) is 0 Å². The molecule has 1 aliphatic heterocycles. The quantitative estimate of drug-likeness (QED) is 0.580. The maximum absolute atomic E-state index is 13.4. The largest absolute Gasteiger partial charge is 0.348 e. The van der Waals surface area contributed by atoms with E-state index in [0.29, 0.717) is 37.6 Å². The van der Waals surface area contributed by atoms with Gasteiger partial charge in [0.15, 0.2) is 11.5 Å². The van der Waals surface area contributed by atoms with Crippen molar-refractivity contribution < 1.29 is 27.6 Å². The molecule has 0 radical (unpaired) electrons. The first-order valence-corrected chi connectivity index (χ1v) is 10.7. The molecule has 2 aromatic carbocycles. The third kappa shape index (κ3) is 5.81. The van der Waals surface area contributed by atoms with Crippen molar-refractivity contribution in [3.8, 4) is 0 Å². The van der Waals surface area contributed by atoms with Gasteiger partial charge in [-0.2, -0.15) is 0 Å². The number of nitrogens with one attached hydrogen (secondary N) is 2. The van der Waals surface area contributed by atoms with E-state index < -0.39 is 29.3 Å². The van der Waals surface area contributed by atoms with Gasteiger partial charge in [0.05, 0.1) is 0 Å². The number of piperidine rings is 1. The van der Waals surface area contributed by atoms with Crippen molar-refractivity contribution in [2.45, 2.75) is 18.9 Å². The zero-order chi connectivity index (χ0) is 24.9. The van der Waals surface area contributed by atoms with Gasteiger partial charge in [-0.15, -0.1) is 0 Å². The number of likely N-dealkylation sites (tertiary alicyclic amines) is 1. The summed E-state index contributed by atoms with van der Waals surface area (Å²) in [7, 11) is 0. The monoisotopic (exact) mass is 483 g/mol. The molecule has 1 saturated heterocycles. The highest BCUT2D eigenvalue weighted by Crippen LogP contribution is 2.17. The van der Waals surface area contributed by atoms with Gasteiger partial charge in [0.2, 0.25) is 0 Å². The summed E-state index contributed by atoms with van der Waals surface area (Å²) in [6.45, 7) is 0.771. The summed E-state index contributed by atoms with van der Waals surface area (Å²) < 4.78 is 40.0. The maximum Gasteiger partial charge on any atom is 0.273 e. The molecule has 8 nitrogen and oxygen atoms in total. The van der Waals surface area contributed by atoms with Crippen LogP contribution in [-0.2, 0) is 0 Å². The summed E-state index contributed by atoms with van der Waals surface area (Å²) in [6.07, 6.45) is 3.49. The fourth-order valence-corrected chi connectivity index (χ4v) is 3.72. The van der Waals surface area contributed by atoms with E-state index in [0.717, 1.165) is 12.1 Å². The predicted molar refractivity (Wildman–Crippen MR) is 119 cm³/mol. The number of aromatic nitrogens is 2. The third-order valence-corrected chi connectivity index (χ3v) is 5.48. The number of nitrogens with zero attached hydrogens (tertiary/aromatic N) is 3. The molecule has 0 spiro atoms.